The number of anilines is 2. The predicted molar refractivity (Wildman–Crippen MR) is 103 cm³/mol. The molecule has 3 aromatic rings. The molecule has 0 saturated carbocycles. The molecular weight excluding hydrogens is 344 g/mol. The van der Waals surface area contributed by atoms with Crippen molar-refractivity contribution in [2.75, 3.05) is 32.1 Å². The molecule has 1 aliphatic rings. The number of hydrogen-bond donors (Lipinski definition) is 2. The first-order valence-electron chi connectivity index (χ1n) is 8.99. The molecule has 0 spiro atoms. The topological polar surface area (TPSA) is 88.2 Å². The van der Waals surface area contributed by atoms with Crippen LogP contribution >= 0.6 is 0 Å². The second kappa shape index (κ2) is 6.89. The second-order valence-electron chi connectivity index (χ2n) is 6.71. The molecule has 4 rings (SSSR count). The molecule has 1 saturated heterocycles. The molecule has 3 aromatic heterocycles. The number of aromatic amines is 1. The fourth-order valence-corrected chi connectivity index (χ4v) is 3.52. The number of nitrogens with zero attached hydrogens (tertiary/aromatic N) is 6. The summed E-state index contributed by atoms with van der Waals surface area (Å²) in [6.45, 7) is 13.8. The van der Waals surface area contributed by atoms with Crippen molar-refractivity contribution < 1.29 is 4.74 Å². The van der Waals surface area contributed by atoms with Crippen LogP contribution in [-0.4, -0.2) is 56.4 Å². The molecule has 4 heterocycles. The van der Waals surface area contributed by atoms with E-state index in [-0.39, 0.29) is 0 Å². The molecule has 0 unspecified atom stereocenters. The van der Waals surface area contributed by atoms with E-state index < -0.39 is 0 Å². The fraction of sp³-hybridized carbons (Fsp3) is 0.444. The number of fused-ring (bicyclic) bond motifs is 1. The van der Waals surface area contributed by atoms with Gasteiger partial charge in [0.15, 0.2) is 0 Å². The summed E-state index contributed by atoms with van der Waals surface area (Å²) in [6, 6.07) is 0.387. The van der Waals surface area contributed by atoms with Crippen LogP contribution in [0.1, 0.15) is 25.1 Å². The Morgan fingerprint density at radius 1 is 1.44 bits per heavy atom. The molecule has 140 valence electrons. The van der Waals surface area contributed by atoms with Crippen molar-refractivity contribution in [2.24, 2.45) is 0 Å². The normalized spacial score (nSPS) is 17.3. The van der Waals surface area contributed by atoms with Gasteiger partial charge in [-0.15, -0.1) is 0 Å². The maximum atomic E-state index is 7.30. The van der Waals surface area contributed by atoms with Gasteiger partial charge in [-0.25, -0.2) is 4.85 Å². The van der Waals surface area contributed by atoms with Crippen LogP contribution in [0.5, 0.6) is 5.88 Å². The van der Waals surface area contributed by atoms with Crippen LogP contribution in [0.2, 0.25) is 0 Å². The number of aromatic nitrogens is 5. The minimum Gasteiger partial charge on any atom is -0.478 e. The first-order chi connectivity index (χ1) is 13.1. The Balaban J connectivity index is 1.66. The summed E-state index contributed by atoms with van der Waals surface area (Å²) in [6.07, 6.45) is 4.52. The molecular formula is C18H22N8O. The average Bonchev–Trinajstić information content (AvgIpc) is 3.35. The molecule has 0 aliphatic carbocycles. The van der Waals surface area contributed by atoms with Crippen LogP contribution in [0.4, 0.5) is 17.3 Å². The number of H-pyrrole nitrogens is 1. The summed E-state index contributed by atoms with van der Waals surface area (Å²) >= 11 is 0. The first kappa shape index (κ1) is 17.3. The van der Waals surface area contributed by atoms with E-state index in [2.05, 4.69) is 46.8 Å². The Bertz CT molecular complexity index is 1010. The quantitative estimate of drug-likeness (QED) is 0.675. The summed E-state index contributed by atoms with van der Waals surface area (Å²) < 4.78 is 7.72. The third-order valence-electron chi connectivity index (χ3n) is 4.88. The van der Waals surface area contributed by atoms with Crippen molar-refractivity contribution in [3.63, 3.8) is 0 Å². The van der Waals surface area contributed by atoms with Crippen LogP contribution in [0.3, 0.4) is 0 Å². The highest BCUT2D eigenvalue weighted by Gasteiger charge is 2.24. The van der Waals surface area contributed by atoms with Gasteiger partial charge in [0.2, 0.25) is 17.5 Å². The van der Waals surface area contributed by atoms with Crippen LogP contribution in [0.25, 0.3) is 15.9 Å². The van der Waals surface area contributed by atoms with E-state index in [0.29, 0.717) is 41.2 Å². The van der Waals surface area contributed by atoms with Gasteiger partial charge >= 0.3 is 0 Å². The van der Waals surface area contributed by atoms with E-state index in [1.807, 2.05) is 13.8 Å². The Labute approximate surface area is 157 Å². The second-order valence-corrected chi connectivity index (χ2v) is 6.71. The SMILES string of the molecule is [C-]#[N+]c1c[nH]c2nc(Nc3cnn([C@H]4CCN(C)C4)c3C)nc(OCC)c12. The molecule has 0 radical (unpaired) electrons. The van der Waals surface area contributed by atoms with Gasteiger partial charge in [-0.2, -0.15) is 15.1 Å². The van der Waals surface area contributed by atoms with E-state index >= 15 is 0 Å². The predicted octanol–water partition coefficient (Wildman–Crippen LogP) is 3.03. The average molecular weight is 366 g/mol. The van der Waals surface area contributed by atoms with Crippen LogP contribution in [0, 0.1) is 13.5 Å². The Morgan fingerprint density at radius 2 is 2.30 bits per heavy atom. The van der Waals surface area contributed by atoms with Gasteiger partial charge < -0.3 is 19.9 Å². The van der Waals surface area contributed by atoms with E-state index in [1.54, 1.807) is 12.4 Å². The lowest BCUT2D eigenvalue weighted by Gasteiger charge is -2.14. The number of ether oxygens (including phenoxy) is 1. The van der Waals surface area contributed by atoms with Gasteiger partial charge in [-0.1, -0.05) is 0 Å². The lowest BCUT2D eigenvalue weighted by molar-refractivity contribution is 0.331. The highest BCUT2D eigenvalue weighted by molar-refractivity contribution is 5.95. The van der Waals surface area contributed by atoms with E-state index in [4.69, 9.17) is 11.3 Å². The number of hydrogen-bond acceptors (Lipinski definition) is 6. The van der Waals surface area contributed by atoms with Gasteiger partial charge in [-0.3, -0.25) is 4.68 Å². The molecule has 0 aromatic carbocycles. The van der Waals surface area contributed by atoms with Gasteiger partial charge in [0.05, 0.1) is 42.2 Å². The zero-order valence-electron chi connectivity index (χ0n) is 15.7. The van der Waals surface area contributed by atoms with Gasteiger partial charge in [-0.05, 0) is 33.9 Å². The number of rotatable bonds is 5. The Morgan fingerprint density at radius 3 is 3.00 bits per heavy atom. The summed E-state index contributed by atoms with van der Waals surface area (Å²) in [5.74, 6) is 0.815. The third-order valence-corrected chi connectivity index (χ3v) is 4.88. The van der Waals surface area contributed by atoms with Crippen LogP contribution in [0.15, 0.2) is 12.4 Å². The zero-order valence-corrected chi connectivity index (χ0v) is 15.7. The molecule has 0 amide bonds. The van der Waals surface area contributed by atoms with Crippen LogP contribution < -0.4 is 10.1 Å². The number of nitrogens with one attached hydrogen (secondary N) is 2. The molecule has 27 heavy (non-hydrogen) atoms. The minimum atomic E-state index is 0.387. The van der Waals surface area contributed by atoms with Crippen molar-refractivity contribution in [2.45, 2.75) is 26.3 Å². The number of likely N-dealkylation sites (N-methyl/N-ethyl adjacent to an activating group) is 1. The van der Waals surface area contributed by atoms with E-state index in [1.165, 1.54) is 0 Å². The molecule has 1 fully saturated rings. The van der Waals surface area contributed by atoms with Crippen molar-refractivity contribution in [3.05, 3.63) is 29.5 Å². The third kappa shape index (κ3) is 3.08. The monoisotopic (exact) mass is 366 g/mol. The highest BCUT2D eigenvalue weighted by atomic mass is 16.5. The van der Waals surface area contributed by atoms with Crippen molar-refractivity contribution >= 4 is 28.4 Å². The largest absolute Gasteiger partial charge is 0.478 e. The molecule has 1 aliphatic heterocycles. The fourth-order valence-electron chi connectivity index (χ4n) is 3.52. The van der Waals surface area contributed by atoms with Crippen molar-refractivity contribution in [1.29, 1.82) is 0 Å². The standard InChI is InChI=1S/C18H22N8O/c1-5-27-17-15-14(19-3)8-20-16(15)23-18(24-17)22-13-9-21-26(11(13)2)12-6-7-25(4)10-12/h8-9,12H,5-7,10H2,1-2,4H3,(H2,20,22,23,24)/t12-/m0/s1. The highest BCUT2D eigenvalue weighted by Crippen LogP contribution is 2.34. The molecule has 2 N–H and O–H groups in total. The molecule has 0 bridgehead atoms. The van der Waals surface area contributed by atoms with E-state index in [9.17, 15) is 0 Å². The molecule has 9 heteroatoms. The maximum absolute atomic E-state index is 7.30. The summed E-state index contributed by atoms with van der Waals surface area (Å²) in [7, 11) is 2.13. The summed E-state index contributed by atoms with van der Waals surface area (Å²) in [4.78, 5) is 17.8. The lowest BCUT2D eigenvalue weighted by Crippen LogP contribution is -2.18. The van der Waals surface area contributed by atoms with E-state index in [0.717, 1.165) is 30.9 Å². The van der Waals surface area contributed by atoms with Crippen molar-refractivity contribution in [3.8, 4) is 5.88 Å². The lowest BCUT2D eigenvalue weighted by atomic mass is 10.2. The molecule has 1 atom stereocenters. The smallest absolute Gasteiger partial charge is 0.232 e. The molecule has 9 nitrogen and oxygen atoms in total. The Kier molecular flexibility index (Phi) is 4.41. The summed E-state index contributed by atoms with van der Waals surface area (Å²) in [5, 5.41) is 8.42. The van der Waals surface area contributed by atoms with Gasteiger partial charge in [0.1, 0.15) is 5.65 Å². The zero-order chi connectivity index (χ0) is 19.0. The van der Waals surface area contributed by atoms with Gasteiger partial charge in [0.25, 0.3) is 0 Å². The summed E-state index contributed by atoms with van der Waals surface area (Å²) in [5.41, 5.74) is 2.94. The number of likely N-dealkylation sites (tertiary alicyclic amines) is 1. The minimum absolute atomic E-state index is 0.387. The van der Waals surface area contributed by atoms with Crippen LogP contribution in [-0.2, 0) is 0 Å². The maximum Gasteiger partial charge on any atom is 0.232 e. The van der Waals surface area contributed by atoms with Crippen molar-refractivity contribution in [1.82, 2.24) is 29.6 Å². The van der Waals surface area contributed by atoms with Gasteiger partial charge in [0, 0.05) is 12.7 Å². The Hall–Kier alpha value is -3.12. The first-order valence-corrected chi connectivity index (χ1v) is 8.99.